The number of benzene rings is 1. The van der Waals surface area contributed by atoms with E-state index in [1.165, 1.54) is 23.8 Å². The van der Waals surface area contributed by atoms with E-state index in [0.29, 0.717) is 12.0 Å². The van der Waals surface area contributed by atoms with Crippen LogP contribution < -0.4 is 5.73 Å². The fraction of sp³-hybridized carbons (Fsp3) is 0.385. The van der Waals surface area contributed by atoms with Gasteiger partial charge in [-0.1, -0.05) is 30.2 Å². The predicted molar refractivity (Wildman–Crippen MR) is 67.9 cm³/mol. The van der Waals surface area contributed by atoms with E-state index in [1.807, 2.05) is 12.1 Å². The van der Waals surface area contributed by atoms with Crippen LogP contribution in [0, 0.1) is 0 Å². The van der Waals surface area contributed by atoms with Gasteiger partial charge < -0.3 is 10.7 Å². The molecule has 16 heavy (non-hydrogen) atoms. The first kappa shape index (κ1) is 10.2. The zero-order chi connectivity index (χ0) is 11.1. The van der Waals surface area contributed by atoms with E-state index in [-0.39, 0.29) is 0 Å². The summed E-state index contributed by atoms with van der Waals surface area (Å²) in [6.45, 7) is 0. The zero-order valence-corrected chi connectivity index (χ0v) is 9.80. The van der Waals surface area contributed by atoms with E-state index in [4.69, 9.17) is 17.3 Å². The second-order valence-electron chi connectivity index (χ2n) is 4.61. The van der Waals surface area contributed by atoms with Crippen molar-refractivity contribution in [1.82, 2.24) is 4.98 Å². The van der Waals surface area contributed by atoms with Gasteiger partial charge in [0.15, 0.2) is 0 Å². The Balaban J connectivity index is 2.14. The number of aromatic nitrogens is 1. The number of fused-ring (bicyclic) bond motifs is 1. The first-order chi connectivity index (χ1) is 7.77. The van der Waals surface area contributed by atoms with Crippen molar-refractivity contribution in [3.05, 3.63) is 35.0 Å². The van der Waals surface area contributed by atoms with Crippen molar-refractivity contribution in [2.24, 2.45) is 5.73 Å². The van der Waals surface area contributed by atoms with Crippen LogP contribution in [0.5, 0.6) is 0 Å². The SMILES string of the molecule is N[C@H]1CCCC1c1c[nH]c2c(Cl)cccc12. The third kappa shape index (κ3) is 1.45. The molecule has 0 aliphatic heterocycles. The highest BCUT2D eigenvalue weighted by Crippen LogP contribution is 2.38. The molecular weight excluding hydrogens is 220 g/mol. The Morgan fingerprint density at radius 2 is 2.19 bits per heavy atom. The molecule has 1 fully saturated rings. The molecule has 2 nitrogen and oxygen atoms in total. The minimum absolute atomic E-state index is 0.304. The molecule has 1 saturated carbocycles. The van der Waals surface area contributed by atoms with Crippen LogP contribution in [0.25, 0.3) is 10.9 Å². The lowest BCUT2D eigenvalue weighted by Gasteiger charge is -2.14. The van der Waals surface area contributed by atoms with Crippen LogP contribution in [-0.2, 0) is 0 Å². The maximum absolute atomic E-state index is 6.15. The Labute approximate surface area is 99.8 Å². The van der Waals surface area contributed by atoms with Gasteiger partial charge in [0.1, 0.15) is 0 Å². The molecule has 0 radical (unpaired) electrons. The maximum Gasteiger partial charge on any atom is 0.0647 e. The summed E-state index contributed by atoms with van der Waals surface area (Å²) >= 11 is 6.15. The number of hydrogen-bond acceptors (Lipinski definition) is 1. The van der Waals surface area contributed by atoms with Crippen LogP contribution in [0.3, 0.4) is 0 Å². The van der Waals surface area contributed by atoms with E-state index in [9.17, 15) is 0 Å². The van der Waals surface area contributed by atoms with Crippen molar-refractivity contribution in [3.8, 4) is 0 Å². The van der Waals surface area contributed by atoms with Gasteiger partial charge in [0.25, 0.3) is 0 Å². The Bertz CT molecular complexity index is 518. The Morgan fingerprint density at radius 1 is 1.31 bits per heavy atom. The lowest BCUT2D eigenvalue weighted by molar-refractivity contribution is 0.616. The molecule has 2 atom stereocenters. The predicted octanol–water partition coefficient (Wildman–Crippen LogP) is 3.42. The van der Waals surface area contributed by atoms with Gasteiger partial charge in [-0.2, -0.15) is 0 Å². The first-order valence-electron chi connectivity index (χ1n) is 5.78. The van der Waals surface area contributed by atoms with Gasteiger partial charge in [-0.25, -0.2) is 0 Å². The van der Waals surface area contributed by atoms with Crippen molar-refractivity contribution >= 4 is 22.5 Å². The molecule has 0 spiro atoms. The summed E-state index contributed by atoms with van der Waals surface area (Å²) in [5.74, 6) is 0.493. The molecule has 1 heterocycles. The van der Waals surface area contributed by atoms with Gasteiger partial charge in [0, 0.05) is 23.5 Å². The molecule has 3 rings (SSSR count). The fourth-order valence-electron chi connectivity index (χ4n) is 2.82. The van der Waals surface area contributed by atoms with Crippen LogP contribution in [-0.4, -0.2) is 11.0 Å². The molecule has 84 valence electrons. The molecule has 3 N–H and O–H groups in total. The van der Waals surface area contributed by atoms with Crippen molar-refractivity contribution in [2.75, 3.05) is 0 Å². The minimum atomic E-state index is 0.304. The third-order valence-corrected chi connectivity index (χ3v) is 3.98. The molecule has 1 aliphatic rings. The highest BCUT2D eigenvalue weighted by atomic mass is 35.5. The topological polar surface area (TPSA) is 41.8 Å². The number of nitrogens with two attached hydrogens (primary N) is 1. The van der Waals surface area contributed by atoms with Crippen LogP contribution >= 0.6 is 11.6 Å². The van der Waals surface area contributed by atoms with Crippen LogP contribution in [0.2, 0.25) is 5.02 Å². The molecule has 0 bridgehead atoms. The van der Waals surface area contributed by atoms with Crippen LogP contribution in [0.15, 0.2) is 24.4 Å². The lowest BCUT2D eigenvalue weighted by atomic mass is 9.94. The summed E-state index contributed by atoms with van der Waals surface area (Å²) in [6.07, 6.45) is 5.64. The highest BCUT2D eigenvalue weighted by molar-refractivity contribution is 6.35. The largest absolute Gasteiger partial charge is 0.360 e. The number of aromatic amines is 1. The second-order valence-corrected chi connectivity index (χ2v) is 5.01. The van der Waals surface area contributed by atoms with E-state index >= 15 is 0 Å². The van der Waals surface area contributed by atoms with E-state index < -0.39 is 0 Å². The number of halogens is 1. The second kappa shape index (κ2) is 3.79. The Morgan fingerprint density at radius 3 is 2.94 bits per heavy atom. The normalized spacial score (nSPS) is 25.4. The molecular formula is C13H15ClN2. The van der Waals surface area contributed by atoms with Gasteiger partial charge in [0.2, 0.25) is 0 Å². The quantitative estimate of drug-likeness (QED) is 0.780. The molecule has 3 heteroatoms. The molecule has 2 aromatic rings. The van der Waals surface area contributed by atoms with E-state index in [2.05, 4.69) is 17.2 Å². The summed E-state index contributed by atoms with van der Waals surface area (Å²) in [6, 6.07) is 6.34. The smallest absolute Gasteiger partial charge is 0.0647 e. The molecule has 1 aromatic carbocycles. The number of nitrogens with one attached hydrogen (secondary N) is 1. The fourth-order valence-corrected chi connectivity index (χ4v) is 3.05. The number of H-pyrrole nitrogens is 1. The number of para-hydroxylation sites is 1. The first-order valence-corrected chi connectivity index (χ1v) is 6.16. The van der Waals surface area contributed by atoms with Crippen molar-refractivity contribution in [3.63, 3.8) is 0 Å². The standard InChI is InChI=1S/C13H15ClN2/c14-11-5-1-4-9-10(7-16-13(9)11)8-3-2-6-12(8)15/h1,4-5,7-8,12,16H,2-3,6,15H2/t8?,12-/m0/s1. The number of rotatable bonds is 1. The Kier molecular flexibility index (Phi) is 2.41. The van der Waals surface area contributed by atoms with Gasteiger partial charge in [-0.15, -0.1) is 0 Å². The maximum atomic E-state index is 6.15. The molecule has 1 unspecified atom stereocenters. The lowest BCUT2D eigenvalue weighted by Crippen LogP contribution is -2.22. The molecule has 0 amide bonds. The van der Waals surface area contributed by atoms with Gasteiger partial charge in [0.05, 0.1) is 10.5 Å². The molecule has 1 aliphatic carbocycles. The van der Waals surface area contributed by atoms with Gasteiger partial charge in [-0.05, 0) is 24.5 Å². The zero-order valence-electron chi connectivity index (χ0n) is 9.04. The van der Waals surface area contributed by atoms with Gasteiger partial charge >= 0.3 is 0 Å². The average Bonchev–Trinajstić information content (AvgIpc) is 2.84. The van der Waals surface area contributed by atoms with Crippen molar-refractivity contribution in [2.45, 2.75) is 31.2 Å². The summed E-state index contributed by atoms with van der Waals surface area (Å²) in [5.41, 5.74) is 8.53. The summed E-state index contributed by atoms with van der Waals surface area (Å²) < 4.78 is 0. The Hall–Kier alpha value is -0.990. The van der Waals surface area contributed by atoms with Crippen LogP contribution in [0.1, 0.15) is 30.7 Å². The summed E-state index contributed by atoms with van der Waals surface area (Å²) in [5, 5.41) is 2.02. The van der Waals surface area contributed by atoms with Gasteiger partial charge in [-0.3, -0.25) is 0 Å². The monoisotopic (exact) mass is 234 g/mol. The minimum Gasteiger partial charge on any atom is -0.360 e. The number of hydrogen-bond donors (Lipinski definition) is 2. The van der Waals surface area contributed by atoms with Crippen molar-refractivity contribution < 1.29 is 0 Å². The third-order valence-electron chi connectivity index (χ3n) is 3.67. The highest BCUT2D eigenvalue weighted by Gasteiger charge is 2.27. The van der Waals surface area contributed by atoms with Crippen LogP contribution in [0.4, 0.5) is 0 Å². The summed E-state index contributed by atoms with van der Waals surface area (Å²) in [4.78, 5) is 3.27. The molecule has 1 aromatic heterocycles. The average molecular weight is 235 g/mol. The summed E-state index contributed by atoms with van der Waals surface area (Å²) in [7, 11) is 0. The molecule has 0 saturated heterocycles. The van der Waals surface area contributed by atoms with E-state index in [1.54, 1.807) is 0 Å². The van der Waals surface area contributed by atoms with Crippen molar-refractivity contribution in [1.29, 1.82) is 0 Å². The van der Waals surface area contributed by atoms with E-state index in [0.717, 1.165) is 17.0 Å².